The van der Waals surface area contributed by atoms with Gasteiger partial charge in [-0.15, -0.1) is 11.3 Å². The van der Waals surface area contributed by atoms with Crippen LogP contribution in [0.25, 0.3) is 31.7 Å². The number of rotatable bonds is 4. The standard InChI is InChI=1S/C25H26F2N4OS/c1-4-29-10-11-31(13-15(29)3)23-18(26)12-16-22(21(23)27)30(5-2)14-17(24(16)32)25-28-19-8-6-7-9-20(19)33-25/h6-9,12,14-15H,4-5,10-11,13H2,1-3H3. The molecule has 2 aromatic carbocycles. The van der Waals surface area contributed by atoms with Crippen LogP contribution in [-0.4, -0.2) is 46.7 Å². The Morgan fingerprint density at radius 3 is 2.64 bits per heavy atom. The lowest BCUT2D eigenvalue weighted by Crippen LogP contribution is -2.52. The first-order valence-corrected chi connectivity index (χ1v) is 12.1. The molecule has 1 aliphatic rings. The first-order valence-electron chi connectivity index (χ1n) is 11.3. The number of thiazole rings is 1. The molecule has 4 aromatic rings. The average Bonchev–Trinajstić information content (AvgIpc) is 3.24. The molecule has 2 aromatic heterocycles. The molecule has 8 heteroatoms. The van der Waals surface area contributed by atoms with Crippen LogP contribution in [-0.2, 0) is 6.54 Å². The van der Waals surface area contributed by atoms with Gasteiger partial charge in [-0.3, -0.25) is 9.69 Å². The Morgan fingerprint density at radius 1 is 1.15 bits per heavy atom. The van der Waals surface area contributed by atoms with Crippen molar-refractivity contribution in [1.29, 1.82) is 0 Å². The smallest absolute Gasteiger partial charge is 0.199 e. The number of benzene rings is 2. The van der Waals surface area contributed by atoms with Crippen molar-refractivity contribution in [3.63, 3.8) is 0 Å². The molecule has 1 fully saturated rings. The van der Waals surface area contributed by atoms with E-state index in [1.807, 2.05) is 31.2 Å². The van der Waals surface area contributed by atoms with Crippen molar-refractivity contribution in [2.24, 2.45) is 0 Å². The van der Waals surface area contributed by atoms with Crippen molar-refractivity contribution in [2.75, 3.05) is 31.1 Å². The minimum Gasteiger partial charge on any atom is -0.364 e. The van der Waals surface area contributed by atoms with E-state index in [4.69, 9.17) is 0 Å². The molecule has 0 spiro atoms. The molecule has 172 valence electrons. The molecular formula is C25H26F2N4OS. The predicted molar refractivity (Wildman–Crippen MR) is 131 cm³/mol. The van der Waals surface area contributed by atoms with Crippen LogP contribution in [0.4, 0.5) is 14.5 Å². The van der Waals surface area contributed by atoms with Crippen molar-refractivity contribution in [3.05, 3.63) is 58.4 Å². The van der Waals surface area contributed by atoms with Crippen molar-refractivity contribution in [3.8, 4) is 10.6 Å². The predicted octanol–water partition coefficient (Wildman–Crippen LogP) is 5.11. The topological polar surface area (TPSA) is 41.4 Å². The number of aryl methyl sites for hydroxylation is 1. The minimum absolute atomic E-state index is 0.0422. The van der Waals surface area contributed by atoms with Crippen LogP contribution in [0.5, 0.6) is 0 Å². The van der Waals surface area contributed by atoms with E-state index in [0.717, 1.165) is 23.3 Å². The number of hydrogen-bond acceptors (Lipinski definition) is 5. The molecule has 0 N–H and O–H groups in total. The lowest BCUT2D eigenvalue weighted by atomic mass is 10.1. The number of likely N-dealkylation sites (N-methyl/N-ethyl adjacent to an activating group) is 1. The van der Waals surface area contributed by atoms with E-state index in [2.05, 4.69) is 23.7 Å². The van der Waals surface area contributed by atoms with Crippen LogP contribution in [0.3, 0.4) is 0 Å². The first-order chi connectivity index (χ1) is 15.9. The van der Waals surface area contributed by atoms with Crippen molar-refractivity contribution >= 4 is 38.1 Å². The van der Waals surface area contributed by atoms with E-state index in [-0.39, 0.29) is 22.6 Å². The zero-order valence-electron chi connectivity index (χ0n) is 18.9. The Hall–Kier alpha value is -2.84. The number of pyridine rings is 1. The molecule has 33 heavy (non-hydrogen) atoms. The quantitative estimate of drug-likeness (QED) is 0.418. The SMILES string of the molecule is CCN1CCN(c2c(F)cc3c(=O)c(-c4nc5ccccc5s4)cn(CC)c3c2F)CC1C. The Bertz CT molecular complexity index is 1380. The van der Waals surface area contributed by atoms with Gasteiger partial charge in [0.05, 0.1) is 26.7 Å². The Labute approximate surface area is 194 Å². The molecule has 1 unspecified atom stereocenters. The summed E-state index contributed by atoms with van der Waals surface area (Å²) in [5.41, 5.74) is 0.867. The van der Waals surface area contributed by atoms with Gasteiger partial charge in [0, 0.05) is 38.4 Å². The summed E-state index contributed by atoms with van der Waals surface area (Å²) in [6.45, 7) is 9.21. The van der Waals surface area contributed by atoms with Gasteiger partial charge in [-0.05, 0) is 38.6 Å². The maximum absolute atomic E-state index is 15.9. The number of para-hydroxylation sites is 1. The molecule has 0 amide bonds. The van der Waals surface area contributed by atoms with E-state index in [0.29, 0.717) is 30.2 Å². The highest BCUT2D eigenvalue weighted by Gasteiger charge is 2.29. The Balaban J connectivity index is 1.68. The second kappa shape index (κ2) is 8.50. The van der Waals surface area contributed by atoms with Gasteiger partial charge in [-0.2, -0.15) is 0 Å². The summed E-state index contributed by atoms with van der Waals surface area (Å²) in [4.78, 5) is 22.1. The molecule has 0 bridgehead atoms. The van der Waals surface area contributed by atoms with Gasteiger partial charge in [0.25, 0.3) is 0 Å². The van der Waals surface area contributed by atoms with Crippen LogP contribution in [0, 0.1) is 11.6 Å². The second-order valence-electron chi connectivity index (χ2n) is 8.49. The first kappa shape index (κ1) is 22.0. The highest BCUT2D eigenvalue weighted by atomic mass is 32.1. The number of halogens is 2. The number of anilines is 1. The number of fused-ring (bicyclic) bond motifs is 2. The minimum atomic E-state index is -0.696. The highest BCUT2D eigenvalue weighted by molar-refractivity contribution is 7.21. The monoisotopic (exact) mass is 468 g/mol. The fourth-order valence-corrected chi connectivity index (χ4v) is 5.80. The van der Waals surface area contributed by atoms with Gasteiger partial charge in [0.1, 0.15) is 16.5 Å². The Kier molecular flexibility index (Phi) is 5.66. The lowest BCUT2D eigenvalue weighted by Gasteiger charge is -2.40. The third-order valence-corrected chi connectivity index (χ3v) is 7.65. The van der Waals surface area contributed by atoms with Crippen LogP contribution in [0.1, 0.15) is 20.8 Å². The summed E-state index contributed by atoms with van der Waals surface area (Å²) in [5.74, 6) is -1.37. The van der Waals surface area contributed by atoms with Crippen LogP contribution in [0.15, 0.2) is 41.3 Å². The summed E-state index contributed by atoms with van der Waals surface area (Å²) in [6.07, 6.45) is 1.66. The summed E-state index contributed by atoms with van der Waals surface area (Å²) < 4.78 is 33.9. The van der Waals surface area contributed by atoms with Gasteiger partial charge in [0.2, 0.25) is 0 Å². The van der Waals surface area contributed by atoms with E-state index < -0.39 is 17.1 Å². The molecule has 1 atom stereocenters. The van der Waals surface area contributed by atoms with Gasteiger partial charge < -0.3 is 9.47 Å². The van der Waals surface area contributed by atoms with E-state index in [1.54, 1.807) is 15.7 Å². The van der Waals surface area contributed by atoms with Crippen molar-refractivity contribution < 1.29 is 8.78 Å². The van der Waals surface area contributed by atoms with Crippen LogP contribution in [0.2, 0.25) is 0 Å². The lowest BCUT2D eigenvalue weighted by molar-refractivity contribution is 0.198. The number of hydrogen-bond donors (Lipinski definition) is 0. The molecule has 0 aliphatic carbocycles. The van der Waals surface area contributed by atoms with Crippen LogP contribution < -0.4 is 10.3 Å². The summed E-state index contributed by atoms with van der Waals surface area (Å²) in [6, 6.07) is 9.04. The largest absolute Gasteiger partial charge is 0.364 e. The molecule has 5 rings (SSSR count). The third-order valence-electron chi connectivity index (χ3n) is 6.58. The molecule has 3 heterocycles. The van der Waals surface area contributed by atoms with Crippen LogP contribution >= 0.6 is 11.3 Å². The summed E-state index contributed by atoms with van der Waals surface area (Å²) in [5, 5.41) is 0.604. The summed E-state index contributed by atoms with van der Waals surface area (Å²) >= 11 is 1.40. The van der Waals surface area contributed by atoms with E-state index in [9.17, 15) is 4.79 Å². The second-order valence-corrected chi connectivity index (χ2v) is 9.52. The van der Waals surface area contributed by atoms with Gasteiger partial charge in [-0.1, -0.05) is 19.1 Å². The maximum atomic E-state index is 15.9. The molecule has 1 aliphatic heterocycles. The average molecular weight is 469 g/mol. The zero-order chi connectivity index (χ0) is 23.3. The molecule has 0 saturated carbocycles. The zero-order valence-corrected chi connectivity index (χ0v) is 19.8. The molecule has 0 radical (unpaired) electrons. The number of aromatic nitrogens is 2. The summed E-state index contributed by atoms with van der Waals surface area (Å²) in [7, 11) is 0. The molecule has 5 nitrogen and oxygen atoms in total. The van der Waals surface area contributed by atoms with E-state index in [1.165, 1.54) is 17.4 Å². The molecular weight excluding hydrogens is 442 g/mol. The van der Waals surface area contributed by atoms with Gasteiger partial charge in [-0.25, -0.2) is 13.8 Å². The highest BCUT2D eigenvalue weighted by Crippen LogP contribution is 2.34. The van der Waals surface area contributed by atoms with Crippen molar-refractivity contribution in [2.45, 2.75) is 33.4 Å². The fraction of sp³-hybridized carbons (Fsp3) is 0.360. The van der Waals surface area contributed by atoms with Gasteiger partial charge in [0.15, 0.2) is 11.2 Å². The van der Waals surface area contributed by atoms with E-state index >= 15 is 8.78 Å². The number of nitrogens with zero attached hydrogens (tertiary/aromatic N) is 4. The third kappa shape index (κ3) is 3.61. The fourth-order valence-electron chi connectivity index (χ4n) is 4.82. The Morgan fingerprint density at radius 2 is 1.94 bits per heavy atom. The van der Waals surface area contributed by atoms with Gasteiger partial charge >= 0.3 is 0 Å². The van der Waals surface area contributed by atoms with Crippen molar-refractivity contribution in [1.82, 2.24) is 14.5 Å². The normalized spacial score (nSPS) is 17.4. The molecule has 1 saturated heterocycles. The maximum Gasteiger partial charge on any atom is 0.199 e. The number of piperazine rings is 1.